The number of rotatable bonds is 7. The Bertz CT molecular complexity index is 930. The van der Waals surface area contributed by atoms with Gasteiger partial charge in [-0.15, -0.1) is 0 Å². The summed E-state index contributed by atoms with van der Waals surface area (Å²) < 4.78 is 16.1. The van der Waals surface area contributed by atoms with Crippen LogP contribution in [0.25, 0.3) is 0 Å². The highest BCUT2D eigenvalue weighted by Gasteiger charge is 2.48. The molecular weight excluding hydrogens is 412 g/mol. The van der Waals surface area contributed by atoms with Crippen LogP contribution in [0, 0.1) is 0 Å². The van der Waals surface area contributed by atoms with Crippen LogP contribution in [0.1, 0.15) is 11.1 Å². The summed E-state index contributed by atoms with van der Waals surface area (Å²) in [7, 11) is 1.32. The number of benzene rings is 2. The molecule has 3 rings (SSSR count). The van der Waals surface area contributed by atoms with Gasteiger partial charge in [0.25, 0.3) is 0 Å². The minimum absolute atomic E-state index is 0.0486. The lowest BCUT2D eigenvalue weighted by molar-refractivity contribution is -0.271. The number of carbonyl (C=O) groups is 1. The molecule has 0 aliphatic carbocycles. The normalized spacial score (nSPS) is 25.7. The molecule has 6 N–H and O–H groups in total. The van der Waals surface area contributed by atoms with Gasteiger partial charge in [0.15, 0.2) is 17.6 Å². The zero-order valence-corrected chi connectivity index (χ0v) is 16.6. The van der Waals surface area contributed by atoms with E-state index in [9.17, 15) is 35.4 Å². The highest BCUT2D eigenvalue weighted by molar-refractivity contribution is 5.73. The van der Waals surface area contributed by atoms with E-state index >= 15 is 0 Å². The Morgan fingerprint density at radius 3 is 2.32 bits per heavy atom. The molecular formula is C21H24O10. The van der Waals surface area contributed by atoms with E-state index in [-0.39, 0.29) is 29.4 Å². The molecule has 31 heavy (non-hydrogen) atoms. The van der Waals surface area contributed by atoms with Gasteiger partial charge in [0, 0.05) is 11.6 Å². The SMILES string of the molecule is COc1cc(O)cc(CCc2ccccc2O)c1OC1OC(C(=O)O)C(O)C(O)C1O. The first-order chi connectivity index (χ1) is 14.7. The van der Waals surface area contributed by atoms with Crippen molar-refractivity contribution in [2.24, 2.45) is 0 Å². The lowest BCUT2D eigenvalue weighted by Crippen LogP contribution is -2.61. The molecule has 10 nitrogen and oxygen atoms in total. The molecule has 0 aromatic heterocycles. The van der Waals surface area contributed by atoms with Gasteiger partial charge in [0.2, 0.25) is 6.29 Å². The van der Waals surface area contributed by atoms with Crippen molar-refractivity contribution in [2.75, 3.05) is 7.11 Å². The number of ether oxygens (including phenoxy) is 3. The molecule has 1 aliphatic rings. The van der Waals surface area contributed by atoms with E-state index in [1.807, 2.05) is 0 Å². The molecule has 0 spiro atoms. The van der Waals surface area contributed by atoms with Crippen LogP contribution in [0.15, 0.2) is 36.4 Å². The van der Waals surface area contributed by atoms with Crippen LogP contribution in [0.3, 0.4) is 0 Å². The van der Waals surface area contributed by atoms with Crippen molar-refractivity contribution < 1.29 is 49.6 Å². The summed E-state index contributed by atoms with van der Waals surface area (Å²) in [6, 6.07) is 9.38. The van der Waals surface area contributed by atoms with Crippen molar-refractivity contribution >= 4 is 5.97 Å². The third-order valence-electron chi connectivity index (χ3n) is 5.04. The van der Waals surface area contributed by atoms with Gasteiger partial charge in [-0.3, -0.25) is 0 Å². The number of carboxylic acids is 1. The van der Waals surface area contributed by atoms with Crippen molar-refractivity contribution in [3.05, 3.63) is 47.5 Å². The maximum Gasteiger partial charge on any atom is 0.335 e. The molecule has 1 heterocycles. The molecule has 0 saturated carbocycles. The molecule has 10 heteroatoms. The van der Waals surface area contributed by atoms with Gasteiger partial charge in [-0.25, -0.2) is 4.79 Å². The molecule has 1 aliphatic heterocycles. The molecule has 5 atom stereocenters. The van der Waals surface area contributed by atoms with Crippen LogP contribution in [0.5, 0.6) is 23.0 Å². The number of aromatic hydroxyl groups is 2. The van der Waals surface area contributed by atoms with Crippen molar-refractivity contribution in [1.82, 2.24) is 0 Å². The van der Waals surface area contributed by atoms with Gasteiger partial charge in [0.05, 0.1) is 7.11 Å². The highest BCUT2D eigenvalue weighted by atomic mass is 16.7. The number of aryl methyl sites for hydroxylation is 2. The monoisotopic (exact) mass is 436 g/mol. The second kappa shape index (κ2) is 9.40. The fourth-order valence-corrected chi connectivity index (χ4v) is 3.37. The Morgan fingerprint density at radius 2 is 1.68 bits per heavy atom. The van der Waals surface area contributed by atoms with Crippen LogP contribution < -0.4 is 9.47 Å². The van der Waals surface area contributed by atoms with Crippen LogP contribution in [-0.2, 0) is 22.4 Å². The fraction of sp³-hybridized carbons (Fsp3) is 0.381. The lowest BCUT2D eigenvalue weighted by Gasteiger charge is -2.38. The predicted molar refractivity (Wildman–Crippen MR) is 105 cm³/mol. The zero-order chi connectivity index (χ0) is 22.7. The maximum atomic E-state index is 11.3. The Balaban J connectivity index is 1.90. The van der Waals surface area contributed by atoms with Gasteiger partial charge in [-0.05, 0) is 30.5 Å². The first kappa shape index (κ1) is 22.6. The topological polar surface area (TPSA) is 166 Å². The lowest BCUT2D eigenvalue weighted by atomic mass is 9.98. The summed E-state index contributed by atoms with van der Waals surface area (Å²) in [5.74, 6) is -1.43. The van der Waals surface area contributed by atoms with E-state index in [2.05, 4.69) is 0 Å². The molecule has 2 aromatic rings. The number of methoxy groups -OCH3 is 1. The standard InChI is InChI=1S/C21H24O10/c1-29-14-9-12(22)8-11(7-6-10-4-2-3-5-13(10)23)18(14)30-21-17(26)15(24)16(25)19(31-21)20(27)28/h2-5,8-9,15-17,19,21-26H,6-7H2,1H3,(H,27,28). The smallest absolute Gasteiger partial charge is 0.335 e. The molecule has 168 valence electrons. The number of aliphatic hydroxyl groups excluding tert-OH is 3. The summed E-state index contributed by atoms with van der Waals surface area (Å²) in [6.45, 7) is 0. The molecule has 0 amide bonds. The van der Waals surface area contributed by atoms with E-state index in [4.69, 9.17) is 14.2 Å². The van der Waals surface area contributed by atoms with Crippen molar-refractivity contribution in [3.63, 3.8) is 0 Å². The van der Waals surface area contributed by atoms with Crippen LogP contribution in [0.4, 0.5) is 0 Å². The largest absolute Gasteiger partial charge is 0.508 e. The number of phenols is 2. The van der Waals surface area contributed by atoms with E-state index in [1.54, 1.807) is 24.3 Å². The Labute approximate surface area is 177 Å². The number of hydrogen-bond donors (Lipinski definition) is 6. The van der Waals surface area contributed by atoms with Crippen molar-refractivity contribution in [2.45, 2.75) is 43.5 Å². The number of phenolic OH excluding ortho intramolecular Hbond substituents is 2. The van der Waals surface area contributed by atoms with E-state index in [1.165, 1.54) is 19.2 Å². The van der Waals surface area contributed by atoms with E-state index < -0.39 is 36.7 Å². The van der Waals surface area contributed by atoms with E-state index in [0.717, 1.165) is 0 Å². The third-order valence-corrected chi connectivity index (χ3v) is 5.04. The third kappa shape index (κ3) is 4.83. The highest BCUT2D eigenvalue weighted by Crippen LogP contribution is 2.38. The first-order valence-corrected chi connectivity index (χ1v) is 9.48. The van der Waals surface area contributed by atoms with Crippen LogP contribution >= 0.6 is 0 Å². The molecule has 1 fully saturated rings. The predicted octanol–water partition coefficient (Wildman–Crippen LogP) is 0.163. The van der Waals surface area contributed by atoms with Gasteiger partial charge >= 0.3 is 5.97 Å². The Hall–Kier alpha value is -3.05. The molecule has 0 radical (unpaired) electrons. The summed E-state index contributed by atoms with van der Waals surface area (Å²) in [5.41, 5.74) is 1.07. The summed E-state index contributed by atoms with van der Waals surface area (Å²) >= 11 is 0. The maximum absolute atomic E-state index is 11.3. The van der Waals surface area contributed by atoms with Gasteiger partial charge < -0.3 is 44.8 Å². The average Bonchev–Trinajstić information content (AvgIpc) is 2.74. The number of carboxylic acid groups (broad SMARTS) is 1. The van der Waals surface area contributed by atoms with Crippen LogP contribution in [0.2, 0.25) is 0 Å². The molecule has 5 unspecified atom stereocenters. The number of para-hydroxylation sites is 1. The Morgan fingerprint density at radius 1 is 1.00 bits per heavy atom. The van der Waals surface area contributed by atoms with Crippen LogP contribution in [-0.4, -0.2) is 74.4 Å². The minimum atomic E-state index is -1.85. The van der Waals surface area contributed by atoms with Crippen molar-refractivity contribution in [3.8, 4) is 23.0 Å². The first-order valence-electron chi connectivity index (χ1n) is 9.48. The number of aliphatic carboxylic acids is 1. The quantitative estimate of drug-likeness (QED) is 0.352. The van der Waals surface area contributed by atoms with Gasteiger partial charge in [0.1, 0.15) is 29.8 Å². The molecule has 2 aromatic carbocycles. The zero-order valence-electron chi connectivity index (χ0n) is 16.6. The number of aliphatic hydroxyl groups is 3. The van der Waals surface area contributed by atoms with Gasteiger partial charge in [-0.1, -0.05) is 18.2 Å². The summed E-state index contributed by atoms with van der Waals surface area (Å²) in [5, 5.41) is 59.3. The summed E-state index contributed by atoms with van der Waals surface area (Å²) in [4.78, 5) is 11.3. The minimum Gasteiger partial charge on any atom is -0.508 e. The second-order valence-corrected chi connectivity index (χ2v) is 7.12. The Kier molecular flexibility index (Phi) is 6.86. The molecule has 0 bridgehead atoms. The van der Waals surface area contributed by atoms with Crippen molar-refractivity contribution in [1.29, 1.82) is 0 Å². The average molecular weight is 436 g/mol. The fourth-order valence-electron chi connectivity index (χ4n) is 3.37. The second-order valence-electron chi connectivity index (χ2n) is 7.12. The summed E-state index contributed by atoms with van der Waals surface area (Å²) in [6.07, 6.45) is -8.26. The van der Waals surface area contributed by atoms with E-state index in [0.29, 0.717) is 17.5 Å². The molecule has 1 saturated heterocycles. The van der Waals surface area contributed by atoms with Gasteiger partial charge in [-0.2, -0.15) is 0 Å². The number of hydrogen-bond acceptors (Lipinski definition) is 9.